The molecule has 2 aromatic heterocycles. The molecule has 42 heavy (non-hydrogen) atoms. The van der Waals surface area contributed by atoms with Crippen molar-refractivity contribution in [3.05, 3.63) is 133 Å². The maximum Gasteiger partial charge on any atom is 0.124 e. The van der Waals surface area contributed by atoms with Crippen molar-refractivity contribution in [2.24, 2.45) is 0 Å². The van der Waals surface area contributed by atoms with Crippen molar-refractivity contribution >= 4 is 53.9 Å². The fourth-order valence-corrected chi connectivity index (χ4v) is 7.45. The summed E-state index contributed by atoms with van der Waals surface area (Å²) in [7, 11) is 0. The second kappa shape index (κ2) is 10.0. The molecule has 0 unspecified atom stereocenters. The summed E-state index contributed by atoms with van der Waals surface area (Å²) in [5.74, 6) is 0. The molecular formula is C37H21N3S2. The van der Waals surface area contributed by atoms with E-state index in [1.54, 1.807) is 22.7 Å². The Bertz CT molecular complexity index is 2160. The monoisotopic (exact) mass is 571 g/mol. The van der Waals surface area contributed by atoms with Gasteiger partial charge in [0.25, 0.3) is 0 Å². The number of thiazole rings is 2. The lowest BCUT2D eigenvalue weighted by Gasteiger charge is -2.14. The largest absolute Gasteiger partial charge is 0.236 e. The zero-order chi connectivity index (χ0) is 28.0. The van der Waals surface area contributed by atoms with E-state index in [0.717, 1.165) is 54.4 Å². The Morgan fingerprint density at radius 2 is 0.952 bits per heavy atom. The van der Waals surface area contributed by atoms with Crippen LogP contribution in [-0.4, -0.2) is 9.97 Å². The highest BCUT2D eigenvalue weighted by atomic mass is 32.1. The van der Waals surface area contributed by atoms with Gasteiger partial charge in [-0.25, -0.2) is 9.97 Å². The van der Waals surface area contributed by atoms with Crippen LogP contribution in [0, 0.1) is 11.3 Å². The molecule has 2 heterocycles. The van der Waals surface area contributed by atoms with Crippen molar-refractivity contribution in [2.45, 2.75) is 0 Å². The lowest BCUT2D eigenvalue weighted by atomic mass is 9.90. The molecule has 0 N–H and O–H groups in total. The van der Waals surface area contributed by atoms with E-state index in [4.69, 9.17) is 9.97 Å². The van der Waals surface area contributed by atoms with Gasteiger partial charge in [0.05, 0.1) is 32.1 Å². The molecule has 3 nitrogen and oxygen atoms in total. The van der Waals surface area contributed by atoms with Crippen LogP contribution in [0.4, 0.5) is 0 Å². The topological polar surface area (TPSA) is 49.6 Å². The predicted octanol–water partition coefficient (Wildman–Crippen LogP) is 10.6. The fourth-order valence-electron chi connectivity index (χ4n) is 5.55. The smallest absolute Gasteiger partial charge is 0.124 e. The van der Waals surface area contributed by atoms with Crippen LogP contribution >= 0.6 is 22.7 Å². The van der Waals surface area contributed by atoms with Crippen molar-refractivity contribution in [1.29, 1.82) is 5.26 Å². The van der Waals surface area contributed by atoms with Gasteiger partial charge in [-0.2, -0.15) is 5.26 Å². The Hall–Kier alpha value is -5.15. The molecule has 5 heteroatoms. The number of benzene rings is 6. The maximum absolute atomic E-state index is 9.27. The molecule has 0 aliphatic rings. The number of nitriles is 1. The molecule has 0 fully saturated rings. The molecular weight excluding hydrogens is 551 g/mol. The van der Waals surface area contributed by atoms with Crippen LogP contribution in [-0.2, 0) is 0 Å². The summed E-state index contributed by atoms with van der Waals surface area (Å²) in [6.07, 6.45) is 0. The summed E-state index contributed by atoms with van der Waals surface area (Å²) in [6, 6.07) is 46.4. The predicted molar refractivity (Wildman–Crippen MR) is 177 cm³/mol. The van der Waals surface area contributed by atoms with Gasteiger partial charge in [0.2, 0.25) is 0 Å². The molecule has 0 bridgehead atoms. The fraction of sp³-hybridized carbons (Fsp3) is 0. The third-order valence-electron chi connectivity index (χ3n) is 7.57. The van der Waals surface area contributed by atoms with Crippen LogP contribution in [0.1, 0.15) is 5.56 Å². The van der Waals surface area contributed by atoms with Gasteiger partial charge in [0.1, 0.15) is 10.0 Å². The summed E-state index contributed by atoms with van der Waals surface area (Å²) in [5, 5.41) is 13.6. The Morgan fingerprint density at radius 3 is 1.48 bits per heavy atom. The number of hydrogen-bond donors (Lipinski definition) is 0. The van der Waals surface area contributed by atoms with E-state index >= 15 is 0 Å². The Labute approximate surface area is 250 Å². The van der Waals surface area contributed by atoms with Crippen molar-refractivity contribution < 1.29 is 0 Å². The number of fused-ring (bicyclic) bond motifs is 3. The van der Waals surface area contributed by atoms with Gasteiger partial charge in [-0.3, -0.25) is 0 Å². The first-order valence-electron chi connectivity index (χ1n) is 13.6. The van der Waals surface area contributed by atoms with Crippen molar-refractivity contribution in [3.8, 4) is 49.5 Å². The highest BCUT2D eigenvalue weighted by Crippen LogP contribution is 2.41. The minimum absolute atomic E-state index is 0.661. The van der Waals surface area contributed by atoms with Crippen LogP contribution in [0.5, 0.6) is 0 Å². The Kier molecular flexibility index (Phi) is 5.89. The molecule has 0 saturated carbocycles. The standard InChI is InChI=1S/C37H21N3S2/c38-22-23-13-15-24(16-14-23)28-17-18-29(31-8-2-1-7-30(28)31)25-19-26(36-39-32-9-3-5-11-34(32)41-36)21-27(20-25)37-40-33-10-4-6-12-35(33)42-37/h1-21H. The molecule has 0 aliphatic carbocycles. The SMILES string of the molecule is N#Cc1ccc(-c2ccc(-c3cc(-c4nc5ccccc5s4)cc(-c4nc5ccccc5s4)c3)c3ccccc23)cc1. The number of para-hydroxylation sites is 2. The molecule has 6 aromatic carbocycles. The maximum atomic E-state index is 9.27. The molecule has 0 spiro atoms. The number of hydrogen-bond acceptors (Lipinski definition) is 5. The van der Waals surface area contributed by atoms with E-state index in [0.29, 0.717) is 5.56 Å². The molecule has 196 valence electrons. The molecule has 0 amide bonds. The van der Waals surface area contributed by atoms with E-state index in [9.17, 15) is 5.26 Å². The van der Waals surface area contributed by atoms with Gasteiger partial charge in [-0.15, -0.1) is 22.7 Å². The zero-order valence-corrected chi connectivity index (χ0v) is 23.9. The van der Waals surface area contributed by atoms with Crippen molar-refractivity contribution in [3.63, 3.8) is 0 Å². The first-order valence-corrected chi connectivity index (χ1v) is 15.3. The lowest BCUT2D eigenvalue weighted by Crippen LogP contribution is -1.89. The van der Waals surface area contributed by atoms with Gasteiger partial charge in [0, 0.05) is 11.1 Å². The number of rotatable bonds is 4. The third-order valence-corrected chi connectivity index (χ3v) is 9.75. The van der Waals surface area contributed by atoms with Crippen molar-refractivity contribution in [2.75, 3.05) is 0 Å². The quantitative estimate of drug-likeness (QED) is 0.211. The van der Waals surface area contributed by atoms with Crippen molar-refractivity contribution in [1.82, 2.24) is 9.97 Å². The lowest BCUT2D eigenvalue weighted by molar-refractivity contribution is 1.45. The zero-order valence-electron chi connectivity index (χ0n) is 22.3. The Morgan fingerprint density at radius 1 is 0.476 bits per heavy atom. The van der Waals surface area contributed by atoms with Crippen LogP contribution in [0.15, 0.2) is 127 Å². The molecule has 0 aliphatic heterocycles. The molecule has 0 saturated heterocycles. The average Bonchev–Trinajstić information content (AvgIpc) is 3.69. The summed E-state index contributed by atoms with van der Waals surface area (Å²) < 4.78 is 2.35. The second-order valence-electron chi connectivity index (χ2n) is 10.2. The summed E-state index contributed by atoms with van der Waals surface area (Å²) in [5.41, 5.74) is 9.39. The van der Waals surface area contributed by atoms with Gasteiger partial charge >= 0.3 is 0 Å². The highest BCUT2D eigenvalue weighted by molar-refractivity contribution is 7.22. The summed E-state index contributed by atoms with van der Waals surface area (Å²) in [6.45, 7) is 0. The molecule has 8 aromatic rings. The van der Waals surface area contributed by atoms with Gasteiger partial charge in [-0.1, -0.05) is 72.8 Å². The summed E-state index contributed by atoms with van der Waals surface area (Å²) in [4.78, 5) is 10.0. The third kappa shape index (κ3) is 4.26. The van der Waals surface area contributed by atoms with Gasteiger partial charge in [0.15, 0.2) is 0 Å². The van der Waals surface area contributed by atoms with Gasteiger partial charge < -0.3 is 0 Å². The first kappa shape index (κ1) is 24.6. The first-order chi connectivity index (χ1) is 20.7. The minimum atomic E-state index is 0.661. The summed E-state index contributed by atoms with van der Waals surface area (Å²) >= 11 is 3.44. The molecule has 8 rings (SSSR count). The second-order valence-corrected chi connectivity index (χ2v) is 12.2. The van der Waals surface area contributed by atoms with E-state index < -0.39 is 0 Å². The number of aromatic nitrogens is 2. The van der Waals surface area contributed by atoms with Crippen LogP contribution in [0.25, 0.3) is 74.6 Å². The number of nitrogens with zero attached hydrogens (tertiary/aromatic N) is 3. The van der Waals surface area contributed by atoms with E-state index in [-0.39, 0.29) is 0 Å². The van der Waals surface area contributed by atoms with Crippen LogP contribution in [0.3, 0.4) is 0 Å². The molecule has 0 radical (unpaired) electrons. The Balaban J connectivity index is 1.35. The van der Waals surface area contributed by atoms with E-state index in [1.807, 2.05) is 36.4 Å². The average molecular weight is 572 g/mol. The van der Waals surface area contributed by atoms with E-state index in [1.165, 1.54) is 20.2 Å². The van der Waals surface area contributed by atoms with Crippen LogP contribution in [0.2, 0.25) is 0 Å². The van der Waals surface area contributed by atoms with Gasteiger partial charge in [-0.05, 0) is 87.6 Å². The van der Waals surface area contributed by atoms with Crippen LogP contribution < -0.4 is 0 Å². The minimum Gasteiger partial charge on any atom is -0.236 e. The van der Waals surface area contributed by atoms with E-state index in [2.05, 4.69) is 97.1 Å². The normalized spacial score (nSPS) is 11.3. The highest BCUT2D eigenvalue weighted by Gasteiger charge is 2.16. The molecule has 0 atom stereocenters.